The van der Waals surface area contributed by atoms with Gasteiger partial charge in [0.05, 0.1) is 12.0 Å². The Bertz CT molecular complexity index is 411. The van der Waals surface area contributed by atoms with Gasteiger partial charge in [0.2, 0.25) is 0 Å². The van der Waals surface area contributed by atoms with Crippen molar-refractivity contribution in [3.05, 3.63) is 0 Å². The molecule has 3 atom stereocenters. The largest absolute Gasteiger partial charge is 0.463 e. The van der Waals surface area contributed by atoms with Crippen LogP contribution in [0.25, 0.3) is 0 Å². The monoisotopic (exact) mass is 266 g/mol. The molecule has 1 aliphatic carbocycles. The molecule has 0 spiro atoms. The molecule has 0 aromatic rings. The van der Waals surface area contributed by atoms with Gasteiger partial charge in [-0.1, -0.05) is 13.8 Å². The lowest BCUT2D eigenvalue weighted by molar-refractivity contribution is -0.150. The van der Waals surface area contributed by atoms with Crippen LogP contribution in [-0.4, -0.2) is 35.6 Å². The minimum atomic E-state index is -4.56. The van der Waals surface area contributed by atoms with E-state index in [1.807, 2.05) is 0 Å². The number of hydrogen-bond acceptors (Lipinski definition) is 5. The minimum absolute atomic E-state index is 0.303. The molecule has 1 rings (SSSR count). The molecule has 0 bridgehead atoms. The third kappa shape index (κ3) is 2.78. The van der Waals surface area contributed by atoms with E-state index < -0.39 is 38.8 Å². The average Bonchev–Trinajstić information content (AvgIpc) is 2.64. The van der Waals surface area contributed by atoms with Crippen molar-refractivity contribution in [1.29, 1.82) is 0 Å². The Kier molecular flexibility index (Phi) is 3.58. The highest BCUT2D eigenvalue weighted by molar-refractivity contribution is 7.86. The summed E-state index contributed by atoms with van der Waals surface area (Å²) in [6, 6.07) is 0. The molecule has 100 valence electrons. The van der Waals surface area contributed by atoms with Crippen molar-refractivity contribution in [2.24, 2.45) is 17.3 Å². The van der Waals surface area contributed by atoms with Crippen molar-refractivity contribution in [3.8, 4) is 0 Å². The summed E-state index contributed by atoms with van der Waals surface area (Å²) in [7, 11) is -4.56. The normalized spacial score (nSPS) is 28.9. The van der Waals surface area contributed by atoms with Crippen molar-refractivity contribution in [3.63, 3.8) is 0 Å². The van der Waals surface area contributed by atoms with Crippen LogP contribution < -0.4 is 0 Å². The zero-order valence-corrected chi connectivity index (χ0v) is 11.1. The predicted molar refractivity (Wildman–Crippen MR) is 59.5 cm³/mol. The second kappa shape index (κ2) is 4.22. The van der Waals surface area contributed by atoms with Crippen LogP contribution in [0.15, 0.2) is 0 Å². The van der Waals surface area contributed by atoms with Crippen LogP contribution in [0.3, 0.4) is 0 Å². The van der Waals surface area contributed by atoms with E-state index in [1.54, 1.807) is 27.7 Å². The number of hydrogen-bond donors (Lipinski definition) is 2. The predicted octanol–water partition coefficient (Wildman–Crippen LogP) is 0.416. The molecule has 0 aromatic carbocycles. The summed E-state index contributed by atoms with van der Waals surface area (Å²) in [6.07, 6.45) is -0.303. The fourth-order valence-corrected chi connectivity index (χ4v) is 3.03. The van der Waals surface area contributed by atoms with E-state index in [1.165, 1.54) is 0 Å². The van der Waals surface area contributed by atoms with Crippen LogP contribution in [-0.2, 0) is 19.6 Å². The maximum absolute atomic E-state index is 11.7. The smallest absolute Gasteiger partial charge is 0.310 e. The van der Waals surface area contributed by atoms with Gasteiger partial charge in [0.15, 0.2) is 5.44 Å². The van der Waals surface area contributed by atoms with Gasteiger partial charge in [-0.05, 0) is 19.3 Å². The van der Waals surface area contributed by atoms with E-state index in [-0.39, 0.29) is 6.10 Å². The van der Waals surface area contributed by atoms with E-state index in [0.717, 1.165) is 0 Å². The summed E-state index contributed by atoms with van der Waals surface area (Å²) in [6.45, 7) is 6.67. The van der Waals surface area contributed by atoms with Crippen molar-refractivity contribution >= 4 is 16.1 Å². The maximum Gasteiger partial charge on any atom is 0.310 e. The van der Waals surface area contributed by atoms with Gasteiger partial charge in [0.1, 0.15) is 0 Å². The Morgan fingerprint density at radius 2 is 1.82 bits per heavy atom. The molecular weight excluding hydrogens is 248 g/mol. The van der Waals surface area contributed by atoms with Crippen LogP contribution >= 0.6 is 0 Å². The van der Waals surface area contributed by atoms with Gasteiger partial charge in [-0.15, -0.1) is 0 Å². The Morgan fingerprint density at radius 1 is 1.35 bits per heavy atom. The number of aliphatic hydroxyl groups is 1. The first-order valence-electron chi connectivity index (χ1n) is 5.34. The van der Waals surface area contributed by atoms with Gasteiger partial charge in [0.25, 0.3) is 10.1 Å². The Labute approximate surface area is 101 Å². The molecule has 0 heterocycles. The van der Waals surface area contributed by atoms with E-state index in [9.17, 15) is 18.3 Å². The molecule has 1 aliphatic rings. The van der Waals surface area contributed by atoms with Gasteiger partial charge in [0, 0.05) is 5.92 Å². The van der Waals surface area contributed by atoms with Crippen LogP contribution in [0.4, 0.5) is 0 Å². The van der Waals surface area contributed by atoms with Crippen molar-refractivity contribution < 1.29 is 27.6 Å². The first-order chi connectivity index (χ1) is 7.49. The molecule has 1 unspecified atom stereocenters. The SMILES string of the molecule is CC(C)OC(=O)[C@H]1[C@H](C(O)S(=O)(=O)O)C1(C)C. The Hall–Kier alpha value is -0.660. The fourth-order valence-electron chi connectivity index (χ4n) is 2.15. The lowest BCUT2D eigenvalue weighted by Crippen LogP contribution is -2.25. The molecule has 1 fully saturated rings. The molecular formula is C10H18O6S. The first kappa shape index (κ1) is 14.4. The standard InChI is InChI=1S/C10H18O6S/c1-5(2)16-8(11)6-7(10(6,3)4)9(12)17(13,14)15/h5-7,9,12H,1-4H3,(H,13,14,15)/t6-,7-,9?/m1/s1. The topological polar surface area (TPSA) is 101 Å². The molecule has 0 radical (unpaired) electrons. The Morgan fingerprint density at radius 3 is 2.18 bits per heavy atom. The molecule has 0 aromatic heterocycles. The summed E-state index contributed by atoms with van der Waals surface area (Å²) in [5, 5.41) is 9.47. The van der Waals surface area contributed by atoms with Crippen molar-refractivity contribution in [2.75, 3.05) is 0 Å². The van der Waals surface area contributed by atoms with Gasteiger partial charge in [-0.25, -0.2) is 0 Å². The van der Waals surface area contributed by atoms with Gasteiger partial charge >= 0.3 is 5.97 Å². The maximum atomic E-state index is 11.7. The van der Waals surface area contributed by atoms with Crippen molar-refractivity contribution in [2.45, 2.75) is 39.2 Å². The second-order valence-corrected chi connectivity index (χ2v) is 6.73. The molecule has 6 nitrogen and oxygen atoms in total. The van der Waals surface area contributed by atoms with Gasteiger partial charge in [-0.3, -0.25) is 9.35 Å². The third-order valence-corrected chi connectivity index (χ3v) is 4.03. The number of aliphatic hydroxyl groups excluding tert-OH is 1. The quantitative estimate of drug-likeness (QED) is 0.565. The summed E-state index contributed by atoms with van der Waals surface area (Å²) in [4.78, 5) is 11.7. The zero-order valence-electron chi connectivity index (χ0n) is 10.2. The minimum Gasteiger partial charge on any atom is -0.463 e. The summed E-state index contributed by atoms with van der Waals surface area (Å²) < 4.78 is 35.4. The van der Waals surface area contributed by atoms with Gasteiger partial charge < -0.3 is 9.84 Å². The van der Waals surface area contributed by atoms with Crippen LogP contribution in [0.2, 0.25) is 0 Å². The number of rotatable bonds is 4. The summed E-state index contributed by atoms with van der Waals surface area (Å²) in [5.41, 5.74) is -2.64. The molecule has 0 aliphatic heterocycles. The average molecular weight is 266 g/mol. The fraction of sp³-hybridized carbons (Fsp3) is 0.900. The van der Waals surface area contributed by atoms with Crippen LogP contribution in [0.5, 0.6) is 0 Å². The van der Waals surface area contributed by atoms with Crippen molar-refractivity contribution in [1.82, 2.24) is 0 Å². The summed E-state index contributed by atoms with van der Waals surface area (Å²) >= 11 is 0. The molecule has 17 heavy (non-hydrogen) atoms. The zero-order chi connectivity index (χ0) is 13.6. The molecule has 1 saturated carbocycles. The summed E-state index contributed by atoms with van der Waals surface area (Å²) in [5.74, 6) is -2.08. The number of ether oxygens (including phenoxy) is 1. The highest BCUT2D eigenvalue weighted by Gasteiger charge is 2.67. The lowest BCUT2D eigenvalue weighted by atomic mass is 10.1. The van der Waals surface area contributed by atoms with Crippen LogP contribution in [0, 0.1) is 17.3 Å². The highest BCUT2D eigenvalue weighted by atomic mass is 32.2. The molecule has 2 N–H and O–H groups in total. The first-order valence-corrected chi connectivity index (χ1v) is 6.84. The van der Waals surface area contributed by atoms with E-state index in [2.05, 4.69) is 0 Å². The second-order valence-electron chi connectivity index (χ2n) is 5.22. The number of carbonyl (C=O) groups is 1. The molecule has 0 amide bonds. The lowest BCUT2D eigenvalue weighted by Gasteiger charge is -2.08. The molecule has 7 heteroatoms. The third-order valence-electron chi connectivity index (χ3n) is 3.13. The Balaban J connectivity index is 2.82. The number of esters is 1. The highest BCUT2D eigenvalue weighted by Crippen LogP contribution is 2.61. The molecule has 0 saturated heterocycles. The van der Waals surface area contributed by atoms with E-state index >= 15 is 0 Å². The van der Waals surface area contributed by atoms with Crippen LogP contribution in [0.1, 0.15) is 27.7 Å². The van der Waals surface area contributed by atoms with Gasteiger partial charge in [-0.2, -0.15) is 8.42 Å². The van der Waals surface area contributed by atoms with E-state index in [4.69, 9.17) is 9.29 Å². The van der Waals surface area contributed by atoms with E-state index in [0.29, 0.717) is 0 Å². The number of carbonyl (C=O) groups excluding carboxylic acids is 1.